The lowest BCUT2D eigenvalue weighted by atomic mass is 9.72. The second kappa shape index (κ2) is 6.79. The molecule has 0 radical (unpaired) electrons. The van der Waals surface area contributed by atoms with E-state index in [-0.39, 0.29) is 22.5 Å². The van der Waals surface area contributed by atoms with Crippen molar-refractivity contribution in [2.75, 3.05) is 6.54 Å². The molecule has 0 amide bonds. The number of benzene rings is 1. The van der Waals surface area contributed by atoms with Crippen molar-refractivity contribution in [3.05, 3.63) is 70.9 Å². The van der Waals surface area contributed by atoms with Gasteiger partial charge in [0, 0.05) is 18.9 Å². The van der Waals surface area contributed by atoms with E-state index in [1.165, 1.54) is 6.08 Å². The van der Waals surface area contributed by atoms with E-state index in [9.17, 15) is 13.2 Å². The summed E-state index contributed by atoms with van der Waals surface area (Å²) in [4.78, 5) is 12.5. The van der Waals surface area contributed by atoms with Gasteiger partial charge >= 0.3 is 0 Å². The van der Waals surface area contributed by atoms with Crippen molar-refractivity contribution in [3.8, 4) is 0 Å². The Bertz CT molecular complexity index is 1050. The van der Waals surface area contributed by atoms with Gasteiger partial charge in [0.05, 0.1) is 10.4 Å². The first-order valence-electron chi connectivity index (χ1n) is 9.26. The number of ketones is 1. The molecule has 1 aromatic carbocycles. The Labute approximate surface area is 170 Å². The highest BCUT2D eigenvalue weighted by atomic mass is 32.2. The molecule has 28 heavy (non-hydrogen) atoms. The topological polar surface area (TPSA) is 54.5 Å². The highest BCUT2D eigenvalue weighted by Gasteiger charge is 2.56. The van der Waals surface area contributed by atoms with Crippen LogP contribution in [0.25, 0.3) is 5.57 Å². The first-order valence-corrected chi connectivity index (χ1v) is 11.6. The Morgan fingerprint density at radius 1 is 1.25 bits per heavy atom. The number of carbonyl (C=O) groups excluding carboxylic acids is 1. The Balaban J connectivity index is 1.79. The summed E-state index contributed by atoms with van der Waals surface area (Å²) in [7, 11) is -3.70. The lowest BCUT2D eigenvalue weighted by molar-refractivity contribution is -0.116. The number of nitrogens with zero attached hydrogens (tertiary/aromatic N) is 1. The van der Waals surface area contributed by atoms with Crippen LogP contribution >= 0.6 is 11.3 Å². The maximum absolute atomic E-state index is 13.5. The summed E-state index contributed by atoms with van der Waals surface area (Å²) in [6, 6.07) is 8.93. The predicted octanol–water partition coefficient (Wildman–Crippen LogP) is 4.29. The van der Waals surface area contributed by atoms with Crippen LogP contribution in [0.3, 0.4) is 0 Å². The van der Waals surface area contributed by atoms with Crippen LogP contribution in [0.15, 0.2) is 64.7 Å². The smallest absolute Gasteiger partial charge is 0.243 e. The first kappa shape index (κ1) is 19.3. The number of hydrogen-bond donors (Lipinski definition) is 0. The number of thiophene rings is 1. The monoisotopic (exact) mass is 413 g/mol. The predicted molar refractivity (Wildman–Crippen MR) is 113 cm³/mol. The van der Waals surface area contributed by atoms with Gasteiger partial charge in [-0.1, -0.05) is 30.4 Å². The van der Waals surface area contributed by atoms with Crippen LogP contribution in [-0.2, 0) is 14.8 Å². The fourth-order valence-electron chi connectivity index (χ4n) is 4.41. The average molecular weight is 414 g/mol. The van der Waals surface area contributed by atoms with Crippen molar-refractivity contribution in [1.82, 2.24) is 4.31 Å². The lowest BCUT2D eigenvalue weighted by Crippen LogP contribution is -2.48. The van der Waals surface area contributed by atoms with Gasteiger partial charge in [-0.15, -0.1) is 0 Å². The normalized spacial score (nSPS) is 27.7. The Kier molecular flexibility index (Phi) is 4.68. The van der Waals surface area contributed by atoms with Gasteiger partial charge in [0.2, 0.25) is 10.0 Å². The van der Waals surface area contributed by atoms with Crippen LogP contribution in [0.1, 0.15) is 24.5 Å². The van der Waals surface area contributed by atoms with Gasteiger partial charge in [0.15, 0.2) is 5.78 Å². The van der Waals surface area contributed by atoms with Gasteiger partial charge in [-0.05, 0) is 65.9 Å². The van der Waals surface area contributed by atoms with Crippen molar-refractivity contribution in [2.24, 2.45) is 11.8 Å². The number of sulfonamides is 1. The third kappa shape index (κ3) is 3.00. The number of carbonyl (C=O) groups is 1. The SMILES string of the molecule is C=C(c1ccsc1)[C@@H]1CN(S(=O)(=O)c2ccc(C)cc2)[C@]2(C)C=CC(=O)C[C@H]12. The quantitative estimate of drug-likeness (QED) is 0.751. The van der Waals surface area contributed by atoms with E-state index in [1.807, 2.05) is 42.8 Å². The Morgan fingerprint density at radius 2 is 1.96 bits per heavy atom. The van der Waals surface area contributed by atoms with E-state index in [2.05, 4.69) is 6.58 Å². The maximum Gasteiger partial charge on any atom is 0.243 e. The van der Waals surface area contributed by atoms with E-state index in [0.29, 0.717) is 13.0 Å². The van der Waals surface area contributed by atoms with Crippen molar-refractivity contribution in [1.29, 1.82) is 0 Å². The molecule has 0 spiro atoms. The standard InChI is InChI=1S/C22H23NO3S2/c1-15-4-6-19(7-5-15)28(25,26)23-13-20(16(2)17-9-11-27-14-17)21-12-18(24)8-10-22(21,23)3/h4-11,14,20-21H,2,12-13H2,1,3H3/t20-,21+,22+/m0/s1. The maximum atomic E-state index is 13.5. The molecule has 1 fully saturated rings. The second-order valence-corrected chi connectivity index (χ2v) is 10.5. The van der Waals surface area contributed by atoms with Gasteiger partial charge in [0.1, 0.15) is 0 Å². The van der Waals surface area contributed by atoms with Crippen LogP contribution in [0, 0.1) is 18.8 Å². The third-order valence-corrected chi connectivity index (χ3v) is 8.79. The fourth-order valence-corrected chi connectivity index (χ4v) is 6.89. The second-order valence-electron chi connectivity index (χ2n) is 7.83. The number of aryl methyl sites for hydroxylation is 1. The number of hydrogen-bond acceptors (Lipinski definition) is 4. The highest BCUT2D eigenvalue weighted by Crippen LogP contribution is 2.50. The summed E-state index contributed by atoms with van der Waals surface area (Å²) in [5.41, 5.74) is 2.19. The van der Waals surface area contributed by atoms with E-state index in [0.717, 1.165) is 16.7 Å². The molecule has 6 heteroatoms. The zero-order valence-electron chi connectivity index (χ0n) is 16.0. The molecule has 0 saturated carbocycles. The minimum atomic E-state index is -3.70. The average Bonchev–Trinajstić information content (AvgIpc) is 3.28. The van der Waals surface area contributed by atoms with Gasteiger partial charge < -0.3 is 0 Å². The molecule has 2 aliphatic rings. The molecule has 0 N–H and O–H groups in total. The van der Waals surface area contributed by atoms with Crippen molar-refractivity contribution >= 4 is 32.7 Å². The summed E-state index contributed by atoms with van der Waals surface area (Å²) >= 11 is 1.59. The van der Waals surface area contributed by atoms with E-state index in [4.69, 9.17) is 0 Å². The molecule has 146 valence electrons. The highest BCUT2D eigenvalue weighted by molar-refractivity contribution is 7.89. The molecular weight excluding hydrogens is 390 g/mol. The lowest BCUT2D eigenvalue weighted by Gasteiger charge is -2.38. The zero-order valence-corrected chi connectivity index (χ0v) is 17.6. The van der Waals surface area contributed by atoms with Crippen LogP contribution in [0.2, 0.25) is 0 Å². The van der Waals surface area contributed by atoms with E-state index in [1.54, 1.807) is 33.9 Å². The molecular formula is C22H23NO3S2. The van der Waals surface area contributed by atoms with Crippen LogP contribution in [0.4, 0.5) is 0 Å². The summed E-state index contributed by atoms with van der Waals surface area (Å²) in [5, 5.41) is 4.01. The first-order chi connectivity index (χ1) is 13.2. The van der Waals surface area contributed by atoms with Gasteiger partial charge in [0.25, 0.3) is 0 Å². The minimum Gasteiger partial charge on any atom is -0.295 e. The molecule has 4 rings (SSSR count). The number of allylic oxidation sites excluding steroid dienone is 1. The molecule has 1 saturated heterocycles. The van der Waals surface area contributed by atoms with Crippen molar-refractivity contribution in [2.45, 2.75) is 30.7 Å². The molecule has 2 aromatic rings. The molecule has 1 aliphatic carbocycles. The van der Waals surface area contributed by atoms with E-state index < -0.39 is 15.6 Å². The number of rotatable bonds is 4. The summed E-state index contributed by atoms with van der Waals surface area (Å²) in [6.45, 7) is 8.45. The molecule has 4 nitrogen and oxygen atoms in total. The summed E-state index contributed by atoms with van der Waals surface area (Å²) < 4.78 is 28.6. The van der Waals surface area contributed by atoms with E-state index >= 15 is 0 Å². The van der Waals surface area contributed by atoms with Gasteiger partial charge in [-0.2, -0.15) is 15.6 Å². The Hall–Kier alpha value is -2.02. The Morgan fingerprint density at radius 3 is 2.61 bits per heavy atom. The summed E-state index contributed by atoms with van der Waals surface area (Å²) in [6.07, 6.45) is 3.64. The van der Waals surface area contributed by atoms with Crippen LogP contribution in [0.5, 0.6) is 0 Å². The van der Waals surface area contributed by atoms with Crippen molar-refractivity contribution < 1.29 is 13.2 Å². The van der Waals surface area contributed by atoms with Gasteiger partial charge in [-0.3, -0.25) is 4.79 Å². The molecule has 1 aliphatic heterocycles. The van der Waals surface area contributed by atoms with Crippen LogP contribution < -0.4 is 0 Å². The molecule has 0 unspecified atom stereocenters. The largest absolute Gasteiger partial charge is 0.295 e. The molecule has 0 bridgehead atoms. The third-order valence-electron chi connectivity index (χ3n) is 6.11. The minimum absolute atomic E-state index is 0.0418. The van der Waals surface area contributed by atoms with Crippen molar-refractivity contribution in [3.63, 3.8) is 0 Å². The molecule has 1 aromatic heterocycles. The zero-order chi connectivity index (χ0) is 20.1. The number of fused-ring (bicyclic) bond motifs is 1. The van der Waals surface area contributed by atoms with Crippen LogP contribution in [-0.4, -0.2) is 30.6 Å². The molecule has 2 heterocycles. The summed E-state index contributed by atoms with van der Waals surface area (Å²) in [5.74, 6) is -0.188. The molecule has 3 atom stereocenters. The fraction of sp³-hybridized carbons (Fsp3) is 0.318. The van der Waals surface area contributed by atoms with Gasteiger partial charge in [-0.25, -0.2) is 8.42 Å².